The van der Waals surface area contributed by atoms with Gasteiger partial charge in [-0.05, 0) is 37.0 Å². The Kier molecular flexibility index (Phi) is 7.81. The van der Waals surface area contributed by atoms with Crippen LogP contribution >= 0.6 is 0 Å². The van der Waals surface area contributed by atoms with Gasteiger partial charge >= 0.3 is 5.97 Å². The molecule has 0 spiro atoms. The molecule has 0 N–H and O–H groups in total. The molecule has 0 bridgehead atoms. The number of ether oxygens (including phenoxy) is 1. The Labute approximate surface area is 180 Å². The van der Waals surface area contributed by atoms with E-state index < -0.39 is 0 Å². The summed E-state index contributed by atoms with van der Waals surface area (Å²) >= 11 is 0. The third kappa shape index (κ3) is 5.58. The average Bonchev–Trinajstić information content (AvgIpc) is 2.81. The quantitative estimate of drug-likeness (QED) is 0.433. The van der Waals surface area contributed by atoms with Crippen LogP contribution in [0.15, 0.2) is 91.0 Å². The van der Waals surface area contributed by atoms with E-state index in [1.165, 1.54) is 18.2 Å². The van der Waals surface area contributed by atoms with Gasteiger partial charge < -0.3 is 4.74 Å². The first-order valence-electron chi connectivity index (χ1n) is 10.6. The molecule has 30 heavy (non-hydrogen) atoms. The largest absolute Gasteiger partial charge is 0.469 e. The third-order valence-corrected chi connectivity index (χ3v) is 5.90. The topological polar surface area (TPSA) is 29.5 Å². The molecule has 3 nitrogen and oxygen atoms in total. The summed E-state index contributed by atoms with van der Waals surface area (Å²) in [5.41, 5.74) is 3.62. The van der Waals surface area contributed by atoms with Crippen LogP contribution in [0.4, 0.5) is 0 Å². The van der Waals surface area contributed by atoms with Crippen LogP contribution < -0.4 is 0 Å². The van der Waals surface area contributed by atoms with Gasteiger partial charge in [0.2, 0.25) is 0 Å². The highest BCUT2D eigenvalue weighted by Gasteiger charge is 2.33. The minimum Gasteiger partial charge on any atom is -0.469 e. The molecule has 3 aromatic rings. The Morgan fingerprint density at radius 3 is 1.83 bits per heavy atom. The third-order valence-electron chi connectivity index (χ3n) is 5.90. The van der Waals surface area contributed by atoms with Crippen LogP contribution in [-0.2, 0) is 22.5 Å². The number of methoxy groups -OCH3 is 1. The molecule has 3 aromatic carbocycles. The molecule has 0 unspecified atom stereocenters. The smallest absolute Gasteiger partial charge is 0.310 e. The zero-order valence-electron chi connectivity index (χ0n) is 18.1. The average molecular weight is 402 g/mol. The fourth-order valence-electron chi connectivity index (χ4n) is 4.05. The molecule has 3 heteroatoms. The number of carbonyl (C=O) groups excluding carboxylic acids is 1. The van der Waals surface area contributed by atoms with Crippen molar-refractivity contribution >= 4 is 5.97 Å². The van der Waals surface area contributed by atoms with Gasteiger partial charge in [0.15, 0.2) is 0 Å². The Morgan fingerprint density at radius 1 is 0.800 bits per heavy atom. The lowest BCUT2D eigenvalue weighted by Gasteiger charge is -2.38. The summed E-state index contributed by atoms with van der Waals surface area (Å²) in [6.45, 7) is 5.12. The van der Waals surface area contributed by atoms with Gasteiger partial charge in [-0.3, -0.25) is 9.69 Å². The summed E-state index contributed by atoms with van der Waals surface area (Å²) in [6, 6.07) is 31.2. The lowest BCUT2D eigenvalue weighted by atomic mass is 9.90. The number of hydrogen-bond donors (Lipinski definition) is 0. The maximum Gasteiger partial charge on any atom is 0.310 e. The van der Waals surface area contributed by atoms with E-state index >= 15 is 0 Å². The van der Waals surface area contributed by atoms with E-state index in [1.54, 1.807) is 0 Å². The number of nitrogens with zero attached hydrogens (tertiary/aromatic N) is 1. The number of esters is 1. The van der Waals surface area contributed by atoms with Crippen molar-refractivity contribution in [2.75, 3.05) is 7.11 Å². The van der Waals surface area contributed by atoms with Crippen LogP contribution in [0.3, 0.4) is 0 Å². The van der Waals surface area contributed by atoms with Gasteiger partial charge in [-0.2, -0.15) is 0 Å². The Morgan fingerprint density at radius 2 is 1.30 bits per heavy atom. The van der Waals surface area contributed by atoms with Crippen molar-refractivity contribution in [3.8, 4) is 0 Å². The van der Waals surface area contributed by atoms with Crippen LogP contribution in [0.25, 0.3) is 0 Å². The summed E-state index contributed by atoms with van der Waals surface area (Å²) < 4.78 is 5.23. The highest BCUT2D eigenvalue weighted by molar-refractivity contribution is 5.73. The number of benzene rings is 3. The second-order valence-electron chi connectivity index (χ2n) is 7.80. The van der Waals surface area contributed by atoms with Crippen LogP contribution in [0.2, 0.25) is 0 Å². The van der Waals surface area contributed by atoms with E-state index in [9.17, 15) is 4.79 Å². The summed E-state index contributed by atoms with van der Waals surface area (Å²) in [7, 11) is 1.48. The lowest BCUT2D eigenvalue weighted by Crippen LogP contribution is -2.44. The Bertz CT molecular complexity index is 896. The molecule has 3 atom stereocenters. The van der Waals surface area contributed by atoms with Gasteiger partial charge in [0.1, 0.15) is 0 Å². The van der Waals surface area contributed by atoms with Crippen molar-refractivity contribution in [1.29, 1.82) is 0 Å². The summed E-state index contributed by atoms with van der Waals surface area (Å²) in [5, 5.41) is 0. The van der Waals surface area contributed by atoms with Gasteiger partial charge in [-0.1, -0.05) is 91.0 Å². The minimum atomic E-state index is -0.257. The van der Waals surface area contributed by atoms with E-state index in [0.717, 1.165) is 12.1 Å². The highest BCUT2D eigenvalue weighted by atomic mass is 16.5. The van der Waals surface area contributed by atoms with E-state index in [4.69, 9.17) is 4.74 Å². The number of hydrogen-bond acceptors (Lipinski definition) is 3. The SMILES string of the molecule is COC(=O)[C@@H](Cc1ccccc1)[C@@H](C)N(Cc1ccccc1)[C@H](C)c1ccccc1. The first-order valence-corrected chi connectivity index (χ1v) is 10.6. The fraction of sp³-hybridized carbons (Fsp3) is 0.296. The maximum atomic E-state index is 12.8. The van der Waals surface area contributed by atoms with Crippen molar-refractivity contribution in [3.63, 3.8) is 0 Å². The molecular formula is C27H31NO2. The molecular weight excluding hydrogens is 370 g/mol. The minimum absolute atomic E-state index is 0.00642. The molecule has 0 aliphatic carbocycles. The second kappa shape index (κ2) is 10.7. The standard InChI is InChI=1S/C27H31NO2/c1-21(25-17-11-6-12-18-25)28(20-24-15-9-5-10-16-24)22(2)26(27(29)30-3)19-23-13-7-4-8-14-23/h4-18,21-22,26H,19-20H2,1-3H3/t21-,22-,26+/m1/s1. The van der Waals surface area contributed by atoms with Gasteiger partial charge in [-0.25, -0.2) is 0 Å². The second-order valence-corrected chi connectivity index (χ2v) is 7.80. The van der Waals surface area contributed by atoms with E-state index in [0.29, 0.717) is 6.42 Å². The van der Waals surface area contributed by atoms with E-state index in [-0.39, 0.29) is 24.0 Å². The Hall–Kier alpha value is -2.91. The van der Waals surface area contributed by atoms with Crippen LogP contribution in [0.1, 0.15) is 36.6 Å². The van der Waals surface area contributed by atoms with Crippen LogP contribution in [-0.4, -0.2) is 24.0 Å². The van der Waals surface area contributed by atoms with Crippen molar-refractivity contribution in [3.05, 3.63) is 108 Å². The van der Waals surface area contributed by atoms with Gasteiger partial charge in [0, 0.05) is 18.6 Å². The van der Waals surface area contributed by atoms with Crippen LogP contribution in [0.5, 0.6) is 0 Å². The zero-order chi connectivity index (χ0) is 21.3. The summed E-state index contributed by atoms with van der Waals surface area (Å²) in [6.07, 6.45) is 0.654. The van der Waals surface area contributed by atoms with Crippen molar-refractivity contribution < 1.29 is 9.53 Å². The lowest BCUT2D eigenvalue weighted by molar-refractivity contribution is -0.148. The predicted octanol–water partition coefficient (Wildman–Crippen LogP) is 5.67. The molecule has 0 fully saturated rings. The Balaban J connectivity index is 1.93. The molecule has 0 aliphatic heterocycles. The molecule has 0 aromatic heterocycles. The monoisotopic (exact) mass is 401 g/mol. The maximum absolute atomic E-state index is 12.8. The van der Waals surface area contributed by atoms with Crippen molar-refractivity contribution in [2.24, 2.45) is 5.92 Å². The van der Waals surface area contributed by atoms with Gasteiger partial charge in [-0.15, -0.1) is 0 Å². The van der Waals surface area contributed by atoms with Crippen molar-refractivity contribution in [1.82, 2.24) is 4.90 Å². The molecule has 156 valence electrons. The zero-order valence-corrected chi connectivity index (χ0v) is 18.1. The molecule has 3 rings (SSSR count). The number of carbonyl (C=O) groups is 1. The summed E-state index contributed by atoms with van der Waals surface area (Å²) in [5.74, 6) is -0.419. The molecule has 0 amide bonds. The predicted molar refractivity (Wildman–Crippen MR) is 122 cm³/mol. The van der Waals surface area contributed by atoms with Crippen LogP contribution in [0, 0.1) is 5.92 Å². The molecule has 0 radical (unpaired) electrons. The van der Waals surface area contributed by atoms with Gasteiger partial charge in [0.25, 0.3) is 0 Å². The van der Waals surface area contributed by atoms with E-state index in [2.05, 4.69) is 79.4 Å². The summed E-state index contributed by atoms with van der Waals surface area (Å²) in [4.78, 5) is 15.2. The number of rotatable bonds is 9. The molecule has 0 saturated heterocycles. The first kappa shape index (κ1) is 21.8. The molecule has 0 aliphatic rings. The first-order chi connectivity index (χ1) is 14.6. The van der Waals surface area contributed by atoms with E-state index in [1.807, 2.05) is 30.3 Å². The van der Waals surface area contributed by atoms with Gasteiger partial charge in [0.05, 0.1) is 13.0 Å². The normalized spacial score (nSPS) is 14.1. The molecule has 0 heterocycles. The fourth-order valence-corrected chi connectivity index (χ4v) is 4.05. The highest BCUT2D eigenvalue weighted by Crippen LogP contribution is 2.29. The molecule has 0 saturated carbocycles. The van der Waals surface area contributed by atoms with Crippen molar-refractivity contribution in [2.45, 2.75) is 38.9 Å².